The van der Waals surface area contributed by atoms with E-state index in [-0.39, 0.29) is 5.78 Å². The molecule has 1 aromatic carbocycles. The van der Waals surface area contributed by atoms with Gasteiger partial charge in [-0.25, -0.2) is 4.68 Å². The maximum Gasteiger partial charge on any atom is 0.291 e. The highest BCUT2D eigenvalue weighted by molar-refractivity contribution is 7.10. The van der Waals surface area contributed by atoms with Gasteiger partial charge in [0, 0.05) is 31.1 Å². The van der Waals surface area contributed by atoms with Gasteiger partial charge < -0.3 is 9.64 Å². The highest BCUT2D eigenvalue weighted by atomic mass is 32.1. The fourth-order valence-electron chi connectivity index (χ4n) is 4.73. The van der Waals surface area contributed by atoms with Crippen molar-refractivity contribution in [2.24, 2.45) is 5.92 Å². The molecule has 0 N–H and O–H groups in total. The molecule has 34 heavy (non-hydrogen) atoms. The molecule has 8 nitrogen and oxygen atoms in total. The average Bonchev–Trinajstić information content (AvgIpc) is 3.58. The molecular formula is C25H26N4O4S. The lowest BCUT2D eigenvalue weighted by atomic mass is 9.89. The molecule has 9 heteroatoms. The minimum atomic E-state index is -1.08. The first-order chi connectivity index (χ1) is 16.6. The minimum Gasteiger partial charge on any atom is -0.379 e. The molecule has 2 aromatic heterocycles. The first kappa shape index (κ1) is 22.6. The van der Waals surface area contributed by atoms with Gasteiger partial charge in [0.2, 0.25) is 5.78 Å². The molecular weight excluding hydrogens is 452 g/mol. The number of benzene rings is 1. The number of hydrogen-bond donors (Lipinski definition) is 0. The fourth-order valence-corrected chi connectivity index (χ4v) is 5.60. The van der Waals surface area contributed by atoms with Crippen LogP contribution in [0.25, 0.3) is 5.69 Å². The van der Waals surface area contributed by atoms with Crippen molar-refractivity contribution in [3.63, 3.8) is 0 Å². The summed E-state index contributed by atoms with van der Waals surface area (Å²) in [4.78, 5) is 44.7. The molecule has 0 bridgehead atoms. The Morgan fingerprint density at radius 2 is 1.85 bits per heavy atom. The van der Waals surface area contributed by atoms with Crippen LogP contribution >= 0.6 is 11.3 Å². The first-order valence-corrected chi connectivity index (χ1v) is 12.3. The van der Waals surface area contributed by atoms with E-state index in [9.17, 15) is 14.4 Å². The SMILES string of the molecule is Cc1c(C(=O)C2C(=O)C(=O)N(CCN3CCOCC3)C2c2cccs2)cnn1-c1ccccc1. The maximum absolute atomic E-state index is 13.8. The second kappa shape index (κ2) is 9.61. The van der Waals surface area contributed by atoms with E-state index in [4.69, 9.17) is 4.74 Å². The molecule has 2 unspecified atom stereocenters. The number of Topliss-reactive ketones (excluding diaryl/α,β-unsaturated/α-hetero) is 2. The number of thiophene rings is 1. The third-order valence-corrected chi connectivity index (χ3v) is 7.50. The summed E-state index contributed by atoms with van der Waals surface area (Å²) in [5.74, 6) is -2.66. The van der Waals surface area contributed by atoms with Crippen molar-refractivity contribution in [2.45, 2.75) is 13.0 Å². The predicted molar refractivity (Wildman–Crippen MR) is 127 cm³/mol. The van der Waals surface area contributed by atoms with Crippen LogP contribution in [0.15, 0.2) is 54.0 Å². The number of nitrogens with zero attached hydrogens (tertiary/aromatic N) is 4. The quantitative estimate of drug-likeness (QED) is 0.295. The molecule has 176 valence electrons. The zero-order chi connectivity index (χ0) is 23.7. The van der Waals surface area contributed by atoms with Crippen molar-refractivity contribution in [1.82, 2.24) is 19.6 Å². The molecule has 3 aromatic rings. The monoisotopic (exact) mass is 478 g/mol. The number of hydrogen-bond acceptors (Lipinski definition) is 7. The number of ketones is 2. The number of carbonyl (C=O) groups excluding carboxylic acids is 3. The van der Waals surface area contributed by atoms with Crippen LogP contribution in [0.2, 0.25) is 0 Å². The molecule has 2 aliphatic heterocycles. The number of ether oxygens (including phenoxy) is 1. The van der Waals surface area contributed by atoms with E-state index in [0.717, 1.165) is 23.7 Å². The molecule has 2 atom stereocenters. The van der Waals surface area contributed by atoms with Gasteiger partial charge in [-0.1, -0.05) is 24.3 Å². The molecule has 4 heterocycles. The lowest BCUT2D eigenvalue weighted by Gasteiger charge is -2.31. The first-order valence-electron chi connectivity index (χ1n) is 11.4. The van der Waals surface area contributed by atoms with Gasteiger partial charge in [-0.15, -0.1) is 11.3 Å². The minimum absolute atomic E-state index is 0.356. The molecule has 1 amide bonds. The number of amides is 1. The number of carbonyl (C=O) groups is 3. The molecule has 2 saturated heterocycles. The van der Waals surface area contributed by atoms with Crippen LogP contribution in [0.5, 0.6) is 0 Å². The van der Waals surface area contributed by atoms with Crippen molar-refractivity contribution in [2.75, 3.05) is 39.4 Å². The number of likely N-dealkylation sites (tertiary alicyclic amines) is 1. The third-order valence-electron chi connectivity index (χ3n) is 6.56. The molecule has 0 spiro atoms. The smallest absolute Gasteiger partial charge is 0.291 e. The van der Waals surface area contributed by atoms with Crippen molar-refractivity contribution in [1.29, 1.82) is 0 Å². The second-order valence-corrected chi connectivity index (χ2v) is 9.49. The Morgan fingerprint density at radius 1 is 1.09 bits per heavy atom. The Bertz CT molecular complexity index is 1180. The molecule has 2 aliphatic rings. The van der Waals surface area contributed by atoms with Gasteiger partial charge in [-0.3, -0.25) is 19.3 Å². The van der Waals surface area contributed by atoms with E-state index in [1.807, 2.05) is 54.8 Å². The molecule has 0 saturated carbocycles. The Balaban J connectivity index is 1.45. The summed E-state index contributed by atoms with van der Waals surface area (Å²) in [5, 5.41) is 6.30. The van der Waals surface area contributed by atoms with Crippen molar-refractivity contribution in [3.8, 4) is 5.69 Å². The summed E-state index contributed by atoms with van der Waals surface area (Å²) < 4.78 is 7.09. The molecule has 5 rings (SSSR count). The lowest BCUT2D eigenvalue weighted by Crippen LogP contribution is -2.42. The molecule has 0 radical (unpaired) electrons. The summed E-state index contributed by atoms with van der Waals surface area (Å²) in [7, 11) is 0. The third kappa shape index (κ3) is 4.11. The van der Waals surface area contributed by atoms with Crippen LogP contribution in [-0.4, -0.2) is 76.4 Å². The fraction of sp³-hybridized carbons (Fsp3) is 0.360. The van der Waals surface area contributed by atoms with Gasteiger partial charge in [0.15, 0.2) is 5.78 Å². The highest BCUT2D eigenvalue weighted by Gasteiger charge is 2.52. The van der Waals surface area contributed by atoms with Gasteiger partial charge in [-0.05, 0) is 30.5 Å². The van der Waals surface area contributed by atoms with Crippen molar-refractivity contribution < 1.29 is 19.1 Å². The van der Waals surface area contributed by atoms with Crippen LogP contribution in [0.1, 0.15) is 27.0 Å². The van der Waals surface area contributed by atoms with Crippen LogP contribution in [0, 0.1) is 12.8 Å². The van der Waals surface area contributed by atoms with Crippen LogP contribution < -0.4 is 0 Å². The van der Waals surface area contributed by atoms with E-state index in [2.05, 4.69) is 10.00 Å². The zero-order valence-corrected chi connectivity index (χ0v) is 19.7. The Kier molecular flexibility index (Phi) is 6.40. The zero-order valence-electron chi connectivity index (χ0n) is 18.9. The average molecular weight is 479 g/mol. The topological polar surface area (TPSA) is 84.7 Å². The number of rotatable bonds is 7. The highest BCUT2D eigenvalue weighted by Crippen LogP contribution is 2.40. The molecule has 0 aliphatic carbocycles. The number of para-hydroxylation sites is 1. The van der Waals surface area contributed by atoms with Gasteiger partial charge in [0.1, 0.15) is 5.92 Å². The van der Waals surface area contributed by atoms with E-state index in [1.54, 1.807) is 9.58 Å². The Hall–Kier alpha value is -3.14. The largest absolute Gasteiger partial charge is 0.379 e. The summed E-state index contributed by atoms with van der Waals surface area (Å²) in [6, 6.07) is 12.7. The Morgan fingerprint density at radius 3 is 2.56 bits per heavy atom. The van der Waals surface area contributed by atoms with E-state index >= 15 is 0 Å². The number of aromatic nitrogens is 2. The summed E-state index contributed by atoms with van der Waals surface area (Å²) in [5.41, 5.74) is 1.84. The van der Waals surface area contributed by atoms with Crippen molar-refractivity contribution >= 4 is 28.8 Å². The summed E-state index contributed by atoms with van der Waals surface area (Å²) >= 11 is 1.46. The summed E-state index contributed by atoms with van der Waals surface area (Å²) in [6.07, 6.45) is 1.50. The second-order valence-electron chi connectivity index (χ2n) is 8.51. The summed E-state index contributed by atoms with van der Waals surface area (Å²) in [6.45, 7) is 5.74. The Labute approximate surface area is 201 Å². The lowest BCUT2D eigenvalue weighted by molar-refractivity contribution is -0.141. The standard InChI is InChI=1S/C25H26N4O4S/c1-17-19(16-26-29(17)18-6-3-2-4-7-18)23(30)21-22(20-8-5-15-34-20)28(25(32)24(21)31)10-9-27-11-13-33-14-12-27/h2-8,15-16,21-22H,9-14H2,1H3. The van der Waals surface area contributed by atoms with Crippen LogP contribution in [0.3, 0.4) is 0 Å². The van der Waals surface area contributed by atoms with Crippen LogP contribution in [-0.2, 0) is 14.3 Å². The van der Waals surface area contributed by atoms with Crippen molar-refractivity contribution in [3.05, 3.63) is 70.2 Å². The van der Waals surface area contributed by atoms with Crippen LogP contribution in [0.4, 0.5) is 0 Å². The maximum atomic E-state index is 13.8. The van der Waals surface area contributed by atoms with Gasteiger partial charge in [0.05, 0.1) is 42.4 Å². The predicted octanol–water partition coefficient (Wildman–Crippen LogP) is 2.53. The van der Waals surface area contributed by atoms with E-state index in [0.29, 0.717) is 37.6 Å². The van der Waals surface area contributed by atoms with E-state index < -0.39 is 23.7 Å². The molecule has 2 fully saturated rings. The van der Waals surface area contributed by atoms with Gasteiger partial charge in [0.25, 0.3) is 5.91 Å². The number of morpholine rings is 1. The van der Waals surface area contributed by atoms with E-state index in [1.165, 1.54) is 17.5 Å². The van der Waals surface area contributed by atoms with Gasteiger partial charge in [-0.2, -0.15) is 5.10 Å². The van der Waals surface area contributed by atoms with Gasteiger partial charge >= 0.3 is 0 Å². The normalized spacial score (nSPS) is 21.4.